The molecule has 14 amide bonds. The molecule has 0 radical (unpaired) electrons. The van der Waals surface area contributed by atoms with Crippen LogP contribution in [-0.2, 0) is 127 Å². The molecule has 0 aliphatic heterocycles. The maximum atomic E-state index is 15.2. The largest absolute Gasteiger partial charge is 0.480 e. The number of hydrogen-bond acceptors (Lipinski definition) is 22. The molecule has 12 atom stereocenters. The molecule has 7 aromatic carbocycles. The second-order valence-corrected chi connectivity index (χ2v) is 35.3. The van der Waals surface area contributed by atoms with E-state index in [1.54, 1.807) is 202 Å². The molecule has 0 saturated carbocycles. The average Bonchev–Trinajstić information content (AvgIpc) is 0.844. The summed E-state index contributed by atoms with van der Waals surface area (Å²) in [4.78, 5) is 214. The van der Waals surface area contributed by atoms with Crippen LogP contribution in [0.1, 0.15) is 158 Å². The summed E-state index contributed by atoms with van der Waals surface area (Å²) in [5.74, 6) is -11.6. The lowest BCUT2D eigenvalue weighted by molar-refractivity contribution is -0.147. The molecule has 7 aromatic rings. The fraction of sp³-hybridized carbons (Fsp3) is 0.430. The van der Waals surface area contributed by atoms with Gasteiger partial charge in [0.15, 0.2) is 6.04 Å². The number of halogens is 4. The van der Waals surface area contributed by atoms with Crippen molar-refractivity contribution in [1.29, 1.82) is 0 Å². The first kappa shape index (κ1) is 115. The number of carbonyl (C=O) groups is 15. The topological polar surface area (TPSA) is 526 Å². The number of ether oxygens (including phenoxy) is 6. The Kier molecular flexibility index (Phi) is 51.1. The summed E-state index contributed by atoms with van der Waals surface area (Å²) in [5.41, 5.74) is 9.86. The predicted octanol–water partition coefficient (Wildman–Crippen LogP) is 10.0. The molecule has 0 saturated heterocycles. The number of carboxylic acid groups (broad SMARTS) is 1. The van der Waals surface area contributed by atoms with Crippen LogP contribution in [0, 0.1) is 5.92 Å². The molecule has 0 fully saturated rings. The highest BCUT2D eigenvalue weighted by Crippen LogP contribution is 2.22. The van der Waals surface area contributed by atoms with E-state index < -0.39 is 207 Å². The first-order valence-corrected chi connectivity index (χ1v) is 48.1. The SMILES string of the molecule is CCCCCCCC(=O)N[C@@H](CCNC(=O)OCc1ccccc1Cl)C(=O)N[C@H](C(=O)N[C@@H](CCNC(=O)OCc1ccccc1Cl)C(=O)N[C@@H](CCN)C(=O)N[C@@H](C)C(=O)N[C@H](Cc1ccccc1)C(=O)N[C@@H](CC(C)C)C(=O)N[C@@H](CCNC(=O)OCc1ccccc1Cl)C(=O)N[C@@H](CCNC(=O)OCc1ccccc1Cl)C(=O)N[C@H](C(=O)O)[C@@H](C)OCc1ccccc1)[C@@H](C)OCc1ccccc1. The van der Waals surface area contributed by atoms with Crippen molar-refractivity contribution < 1.29 is 105 Å². The Balaban J connectivity index is 1.13. The zero-order chi connectivity index (χ0) is 103. The van der Waals surface area contributed by atoms with Gasteiger partial charge in [-0.3, -0.25) is 47.9 Å². The van der Waals surface area contributed by atoms with Gasteiger partial charge >= 0.3 is 30.3 Å². The molecule has 0 bridgehead atoms. The van der Waals surface area contributed by atoms with E-state index in [4.69, 9.17) is 80.6 Å². The summed E-state index contributed by atoms with van der Waals surface area (Å²) in [7, 11) is 0. The summed E-state index contributed by atoms with van der Waals surface area (Å²) in [6.07, 6.45) is -4.47. The fourth-order valence-electron chi connectivity index (χ4n) is 14.0. The number of carbonyl (C=O) groups excluding carboxylic acids is 14. The maximum absolute atomic E-state index is 15.2. The van der Waals surface area contributed by atoms with Crippen molar-refractivity contribution in [3.05, 3.63) is 247 Å². The lowest BCUT2D eigenvalue weighted by Crippen LogP contribution is -2.62. The highest BCUT2D eigenvalue weighted by atomic mass is 35.5. The van der Waals surface area contributed by atoms with E-state index in [9.17, 15) is 53.1 Å². The van der Waals surface area contributed by atoms with E-state index in [0.717, 1.165) is 25.7 Å². The number of alkyl carbamates (subject to hydrolysis) is 4. The minimum atomic E-state index is -1.74. The van der Waals surface area contributed by atoms with Gasteiger partial charge < -0.3 is 114 Å². The summed E-state index contributed by atoms with van der Waals surface area (Å²) < 4.78 is 33.8. The summed E-state index contributed by atoms with van der Waals surface area (Å²) >= 11 is 25.3. The second-order valence-electron chi connectivity index (χ2n) is 33.6. The maximum Gasteiger partial charge on any atom is 0.407 e. The van der Waals surface area contributed by atoms with Gasteiger partial charge in [0.2, 0.25) is 59.1 Å². The van der Waals surface area contributed by atoms with E-state index in [0.29, 0.717) is 65.5 Å². The number of hydrogen-bond donors (Lipinski definition) is 16. The van der Waals surface area contributed by atoms with Crippen LogP contribution < -0.4 is 80.2 Å². The summed E-state index contributed by atoms with van der Waals surface area (Å²) in [6, 6.07) is 36.1. The molecule has 17 N–H and O–H groups in total. The third-order valence-electron chi connectivity index (χ3n) is 22.0. The Bertz CT molecular complexity index is 5220. The van der Waals surface area contributed by atoms with Gasteiger partial charge in [-0.1, -0.05) is 257 Å². The molecule has 7 rings (SSSR count). The summed E-state index contributed by atoms with van der Waals surface area (Å²) in [5, 5.41) is 48.3. The molecule has 0 heterocycles. The van der Waals surface area contributed by atoms with Crippen LogP contribution in [-0.4, -0.2) is 200 Å². The molecule has 0 aromatic heterocycles. The normalized spacial score (nSPS) is 13.6. The van der Waals surface area contributed by atoms with Gasteiger partial charge in [-0.05, 0) is 119 Å². The van der Waals surface area contributed by atoms with E-state index in [-0.39, 0.29) is 84.8 Å². The van der Waals surface area contributed by atoms with Crippen LogP contribution in [0.2, 0.25) is 20.1 Å². The third-order valence-corrected chi connectivity index (χ3v) is 23.5. The Morgan fingerprint density at radius 1 is 0.319 bits per heavy atom. The van der Waals surface area contributed by atoms with E-state index in [1.807, 2.05) is 6.92 Å². The van der Waals surface area contributed by atoms with Crippen LogP contribution in [0.25, 0.3) is 0 Å². The van der Waals surface area contributed by atoms with Crippen molar-refractivity contribution in [2.75, 3.05) is 32.7 Å². The van der Waals surface area contributed by atoms with Gasteiger partial charge in [-0.2, -0.15) is 0 Å². The molecule has 41 heteroatoms. The Labute approximate surface area is 839 Å². The average molecular weight is 2030 g/mol. The Morgan fingerprint density at radius 3 is 1.00 bits per heavy atom. The number of carboxylic acids is 1. The van der Waals surface area contributed by atoms with E-state index in [2.05, 4.69) is 74.4 Å². The molecule has 762 valence electrons. The van der Waals surface area contributed by atoms with Crippen LogP contribution in [0.15, 0.2) is 188 Å². The van der Waals surface area contributed by atoms with Gasteiger partial charge in [0.1, 0.15) is 80.8 Å². The quantitative estimate of drug-likeness (QED) is 0.0124. The van der Waals surface area contributed by atoms with Gasteiger partial charge in [-0.15, -0.1) is 0 Å². The fourth-order valence-corrected chi connectivity index (χ4v) is 14.8. The zero-order valence-electron chi connectivity index (χ0n) is 79.5. The molecular weight excluding hydrogens is 1900 g/mol. The van der Waals surface area contributed by atoms with Gasteiger partial charge in [0.25, 0.3) is 0 Å². The van der Waals surface area contributed by atoms with Crippen molar-refractivity contribution in [1.82, 2.24) is 74.4 Å². The summed E-state index contributed by atoms with van der Waals surface area (Å²) in [6.45, 7) is 6.78. The monoisotopic (exact) mass is 2030 g/mol. The molecule has 37 nitrogen and oxygen atoms in total. The molecular formula is C100H127Cl4N15O22. The third kappa shape index (κ3) is 42.8. The van der Waals surface area contributed by atoms with Crippen LogP contribution >= 0.6 is 46.4 Å². The first-order valence-electron chi connectivity index (χ1n) is 46.6. The molecule has 0 unspecified atom stereocenters. The number of nitrogens with one attached hydrogen (secondary N) is 14. The molecule has 0 aliphatic carbocycles. The molecule has 0 aliphatic rings. The minimum absolute atomic E-state index is 0.0323. The van der Waals surface area contributed by atoms with Crippen LogP contribution in [0.4, 0.5) is 19.2 Å². The van der Waals surface area contributed by atoms with Crippen LogP contribution in [0.5, 0.6) is 0 Å². The molecule has 141 heavy (non-hydrogen) atoms. The molecule has 0 spiro atoms. The van der Waals surface area contributed by atoms with E-state index >= 15 is 24.0 Å². The highest BCUT2D eigenvalue weighted by molar-refractivity contribution is 6.32. The standard InChI is InChI=1S/C100H127Cl4N15O22/c1-7-8-9-10-20-43-84(120)111-78(45-50-106-97(132)138-58-69-35-21-25-39-73(69)101)91(125)118-85(64(5)136-56-67-31-16-12-17-32-67)95(129)115-80(47-52-108-99(134)140-60-71-37-23-27-41-75(71)103)90(124)112-77(44-49-105)88(122)110-63(4)87(121)116-83(55-66-29-14-11-15-30-66)94(128)117-82(54-62(2)3)93(127)114-79(46-51-107-98(133)139-59-70-36-22-26-40-74(70)102)89(123)113-81(48-53-109-100(135)141-61-72-38-24-28-42-76(72)104)92(126)119-86(96(130)131)65(6)137-57-68-33-18-13-19-34-68/h11-19,21-42,62-65,77-83,85-86H,7-10,20,43-61,105H2,1-6H3,(H,106,132)(H,107,133)(H,108,134)(H,109,135)(H,110,122)(H,111,120)(H,112,124)(H,113,123)(H,114,127)(H,115,129)(H,116,121)(H,117,128)(H,118,125)(H,119,126)(H,130,131)/t63-,64+,65+,77-,78-,79-,80-,81-,82-,83+,85-,86-/m0/s1. The van der Waals surface area contributed by atoms with Gasteiger partial charge in [0.05, 0.1) is 25.4 Å². The highest BCUT2D eigenvalue weighted by Gasteiger charge is 2.39. The van der Waals surface area contributed by atoms with Gasteiger partial charge in [0, 0.05) is 81.4 Å². The van der Waals surface area contributed by atoms with Crippen molar-refractivity contribution >= 4 is 136 Å². The number of aliphatic carboxylic acids is 1. The lowest BCUT2D eigenvalue weighted by Gasteiger charge is -2.29. The first-order chi connectivity index (χ1) is 67.7. The number of unbranched alkanes of at least 4 members (excludes halogenated alkanes) is 4. The minimum Gasteiger partial charge on any atom is -0.480 e. The number of nitrogens with two attached hydrogens (primary N) is 1. The van der Waals surface area contributed by atoms with Crippen LogP contribution in [0.3, 0.4) is 0 Å². The van der Waals surface area contributed by atoms with Gasteiger partial charge in [-0.25, -0.2) is 24.0 Å². The van der Waals surface area contributed by atoms with Crippen molar-refractivity contribution in [3.8, 4) is 0 Å². The second kappa shape index (κ2) is 62.8. The van der Waals surface area contributed by atoms with Crippen molar-refractivity contribution in [3.63, 3.8) is 0 Å². The zero-order valence-corrected chi connectivity index (χ0v) is 82.5. The van der Waals surface area contributed by atoms with E-state index in [1.165, 1.54) is 20.8 Å². The Morgan fingerprint density at radius 2 is 0.624 bits per heavy atom. The van der Waals surface area contributed by atoms with Crippen molar-refractivity contribution in [2.24, 2.45) is 11.7 Å². The number of benzene rings is 7. The number of rotatable bonds is 60. The predicted molar refractivity (Wildman–Crippen MR) is 528 cm³/mol. The smallest absolute Gasteiger partial charge is 0.407 e. The lowest BCUT2D eigenvalue weighted by atomic mass is 10.00. The Hall–Kier alpha value is -13.2. The van der Waals surface area contributed by atoms with Crippen molar-refractivity contribution in [2.45, 2.75) is 237 Å². The number of amides is 14.